The second-order valence-electron chi connectivity index (χ2n) is 6.41. The Morgan fingerprint density at radius 1 is 1.13 bits per heavy atom. The highest BCUT2D eigenvalue weighted by Crippen LogP contribution is 2.33. The fourth-order valence-electron chi connectivity index (χ4n) is 2.81. The molecule has 2 aromatic heterocycles. The third-order valence-electron chi connectivity index (χ3n) is 4.26. The Kier molecular flexibility index (Phi) is 5.68. The molecule has 0 saturated heterocycles. The van der Waals surface area contributed by atoms with E-state index < -0.39 is 41.0 Å². The third-order valence-corrected chi connectivity index (χ3v) is 4.26. The average Bonchev–Trinajstić information content (AvgIpc) is 2.67. The summed E-state index contributed by atoms with van der Waals surface area (Å²) in [5, 5.41) is 2.37. The number of hydrogen-bond donors (Lipinski definition) is 1. The summed E-state index contributed by atoms with van der Waals surface area (Å²) >= 11 is 0. The maximum atomic E-state index is 14.4. The highest BCUT2D eigenvalue weighted by Gasteiger charge is 2.33. The smallest absolute Gasteiger partial charge is 0.339 e. The van der Waals surface area contributed by atoms with Gasteiger partial charge in [-0.2, -0.15) is 13.2 Å². The van der Waals surface area contributed by atoms with Crippen LogP contribution in [0.3, 0.4) is 0 Å². The normalized spacial score (nSPS) is 12.5. The number of carbonyl (C=O) groups excluding carboxylic acids is 1. The van der Waals surface area contributed by atoms with E-state index in [4.69, 9.17) is 0 Å². The number of nitrogens with one attached hydrogen (secondary N) is 1. The SMILES string of the molecule is Cn1cc(C(=O)NC(c2cc(F)cc(C(F)(F)F)c2)c2ncccc2F)ccc1=O. The average molecular weight is 423 g/mol. The van der Waals surface area contributed by atoms with E-state index >= 15 is 0 Å². The number of rotatable bonds is 4. The molecule has 0 aliphatic rings. The number of aromatic nitrogens is 2. The predicted molar refractivity (Wildman–Crippen MR) is 96.6 cm³/mol. The number of benzene rings is 1. The monoisotopic (exact) mass is 423 g/mol. The Labute approximate surface area is 166 Å². The first-order chi connectivity index (χ1) is 14.1. The summed E-state index contributed by atoms with van der Waals surface area (Å²) in [7, 11) is 1.40. The Morgan fingerprint density at radius 2 is 1.87 bits per heavy atom. The number of amides is 1. The fourth-order valence-corrected chi connectivity index (χ4v) is 2.81. The second-order valence-corrected chi connectivity index (χ2v) is 6.41. The number of alkyl halides is 3. The molecule has 1 N–H and O–H groups in total. The Hall–Kier alpha value is -3.56. The van der Waals surface area contributed by atoms with Gasteiger partial charge < -0.3 is 9.88 Å². The molecule has 5 nitrogen and oxygen atoms in total. The van der Waals surface area contributed by atoms with Gasteiger partial charge in [0.1, 0.15) is 17.3 Å². The van der Waals surface area contributed by atoms with Gasteiger partial charge in [-0.05, 0) is 42.0 Å². The molecule has 1 amide bonds. The van der Waals surface area contributed by atoms with E-state index in [1.54, 1.807) is 0 Å². The largest absolute Gasteiger partial charge is 0.416 e. The first kappa shape index (κ1) is 21.2. The van der Waals surface area contributed by atoms with Crippen LogP contribution in [-0.2, 0) is 13.2 Å². The van der Waals surface area contributed by atoms with Crippen molar-refractivity contribution in [3.8, 4) is 0 Å². The molecule has 0 fully saturated rings. The minimum absolute atomic E-state index is 0.00844. The molecule has 30 heavy (non-hydrogen) atoms. The van der Waals surface area contributed by atoms with Gasteiger partial charge in [0.2, 0.25) is 5.56 Å². The van der Waals surface area contributed by atoms with Crippen molar-refractivity contribution in [1.29, 1.82) is 0 Å². The van der Waals surface area contributed by atoms with Gasteiger partial charge in [-0.15, -0.1) is 0 Å². The minimum atomic E-state index is -4.86. The van der Waals surface area contributed by atoms with Crippen LogP contribution in [0.1, 0.15) is 33.2 Å². The minimum Gasteiger partial charge on any atom is -0.339 e. The van der Waals surface area contributed by atoms with Gasteiger partial charge in [0.15, 0.2) is 0 Å². The van der Waals surface area contributed by atoms with Crippen LogP contribution < -0.4 is 10.9 Å². The molecule has 10 heteroatoms. The van der Waals surface area contributed by atoms with Gasteiger partial charge in [0.05, 0.1) is 17.2 Å². The lowest BCUT2D eigenvalue weighted by atomic mass is 9.99. The van der Waals surface area contributed by atoms with E-state index in [2.05, 4.69) is 10.3 Å². The molecule has 0 aliphatic carbocycles. The Morgan fingerprint density at radius 3 is 2.50 bits per heavy atom. The highest BCUT2D eigenvalue weighted by atomic mass is 19.4. The van der Waals surface area contributed by atoms with E-state index in [9.17, 15) is 31.5 Å². The van der Waals surface area contributed by atoms with E-state index in [0.717, 1.165) is 22.8 Å². The van der Waals surface area contributed by atoms with Gasteiger partial charge in [0.25, 0.3) is 5.91 Å². The van der Waals surface area contributed by atoms with Gasteiger partial charge in [-0.3, -0.25) is 14.6 Å². The van der Waals surface area contributed by atoms with E-state index in [0.29, 0.717) is 12.1 Å². The van der Waals surface area contributed by atoms with E-state index in [1.807, 2.05) is 0 Å². The number of aryl methyl sites for hydroxylation is 1. The molecule has 3 rings (SSSR count). The van der Waals surface area contributed by atoms with Crippen LogP contribution in [0.15, 0.2) is 59.7 Å². The molecule has 156 valence electrons. The molecule has 3 aromatic rings. The number of pyridine rings is 2. The van der Waals surface area contributed by atoms with Crippen LogP contribution in [0, 0.1) is 11.6 Å². The van der Waals surface area contributed by atoms with Crippen molar-refractivity contribution in [2.45, 2.75) is 12.2 Å². The first-order valence-corrected chi connectivity index (χ1v) is 8.52. The topological polar surface area (TPSA) is 64.0 Å². The van der Waals surface area contributed by atoms with Gasteiger partial charge >= 0.3 is 6.18 Å². The molecule has 0 radical (unpaired) electrons. The third kappa shape index (κ3) is 4.53. The lowest BCUT2D eigenvalue weighted by Gasteiger charge is -2.21. The van der Waals surface area contributed by atoms with Crippen molar-refractivity contribution in [3.63, 3.8) is 0 Å². The van der Waals surface area contributed by atoms with Crippen LogP contribution in [0.25, 0.3) is 0 Å². The summed E-state index contributed by atoms with van der Waals surface area (Å²) in [4.78, 5) is 28.0. The lowest BCUT2D eigenvalue weighted by molar-refractivity contribution is -0.137. The van der Waals surface area contributed by atoms with Crippen molar-refractivity contribution in [2.75, 3.05) is 0 Å². The number of hydrogen-bond acceptors (Lipinski definition) is 3. The predicted octanol–water partition coefficient (Wildman–Crippen LogP) is 3.60. The maximum absolute atomic E-state index is 14.4. The lowest BCUT2D eigenvalue weighted by Crippen LogP contribution is -2.32. The highest BCUT2D eigenvalue weighted by molar-refractivity contribution is 5.94. The fraction of sp³-hybridized carbons (Fsp3) is 0.150. The van der Waals surface area contributed by atoms with E-state index in [1.165, 1.54) is 31.6 Å². The number of nitrogens with zero attached hydrogens (tertiary/aromatic N) is 2. The molecule has 0 spiro atoms. The van der Waals surface area contributed by atoms with Crippen LogP contribution >= 0.6 is 0 Å². The molecule has 1 atom stereocenters. The van der Waals surface area contributed by atoms with E-state index in [-0.39, 0.29) is 16.7 Å². The van der Waals surface area contributed by atoms with Crippen molar-refractivity contribution in [2.24, 2.45) is 7.05 Å². The van der Waals surface area contributed by atoms with Crippen LogP contribution in [0.2, 0.25) is 0 Å². The van der Waals surface area contributed by atoms with Crippen LogP contribution in [-0.4, -0.2) is 15.5 Å². The summed E-state index contributed by atoms with van der Waals surface area (Å²) in [5.41, 5.74) is -2.44. The number of carbonyl (C=O) groups is 1. The summed E-state index contributed by atoms with van der Waals surface area (Å²) in [6.07, 6.45) is -2.46. The Bertz CT molecular complexity index is 1160. The van der Waals surface area contributed by atoms with Gasteiger partial charge in [-0.25, -0.2) is 8.78 Å². The number of halogens is 5. The molecular weight excluding hydrogens is 409 g/mol. The van der Waals surface area contributed by atoms with Crippen molar-refractivity contribution >= 4 is 5.91 Å². The molecule has 0 saturated carbocycles. The molecular formula is C20H14F5N3O2. The zero-order valence-corrected chi connectivity index (χ0v) is 15.4. The first-order valence-electron chi connectivity index (χ1n) is 8.52. The second kappa shape index (κ2) is 8.05. The summed E-state index contributed by atoms with van der Waals surface area (Å²) in [6, 6.07) is 4.75. The molecule has 1 aromatic carbocycles. The molecule has 1 unspecified atom stereocenters. The quantitative estimate of drug-likeness (QED) is 0.653. The van der Waals surface area contributed by atoms with Crippen LogP contribution in [0.4, 0.5) is 22.0 Å². The maximum Gasteiger partial charge on any atom is 0.416 e. The molecule has 0 aliphatic heterocycles. The van der Waals surface area contributed by atoms with Crippen molar-refractivity contribution < 1.29 is 26.7 Å². The van der Waals surface area contributed by atoms with Crippen LogP contribution in [0.5, 0.6) is 0 Å². The molecule has 0 bridgehead atoms. The summed E-state index contributed by atoms with van der Waals surface area (Å²) in [5.74, 6) is -2.93. The zero-order chi connectivity index (χ0) is 22.1. The van der Waals surface area contributed by atoms with Crippen molar-refractivity contribution in [3.05, 3.63) is 99.2 Å². The van der Waals surface area contributed by atoms with Gasteiger partial charge in [-0.1, -0.05) is 0 Å². The van der Waals surface area contributed by atoms with Gasteiger partial charge in [0, 0.05) is 25.5 Å². The van der Waals surface area contributed by atoms with Crippen molar-refractivity contribution in [1.82, 2.24) is 14.9 Å². The molecule has 2 heterocycles. The Balaban J connectivity index is 2.09. The standard InChI is InChI=1S/C20H14F5N3O2/c1-28-10-11(4-5-16(28)29)19(30)27-17(18-15(22)3-2-6-26-18)12-7-13(20(23,24)25)9-14(21)8-12/h2-10,17H,1H3,(H,27,30). The summed E-state index contributed by atoms with van der Waals surface area (Å²) < 4.78 is 68.8. The zero-order valence-electron chi connectivity index (χ0n) is 15.4. The summed E-state index contributed by atoms with van der Waals surface area (Å²) in [6.45, 7) is 0.